The van der Waals surface area contributed by atoms with Gasteiger partial charge in [0, 0.05) is 29.4 Å². The number of hydrogen-bond acceptors (Lipinski definition) is 9. The Morgan fingerprint density at radius 3 is 2.03 bits per heavy atom. The van der Waals surface area contributed by atoms with Crippen molar-refractivity contribution in [1.29, 1.82) is 0 Å². The van der Waals surface area contributed by atoms with E-state index in [9.17, 15) is 14.4 Å². The van der Waals surface area contributed by atoms with Crippen LogP contribution in [0.2, 0.25) is 0 Å². The molecule has 2 aromatic carbocycles. The molecule has 0 unspecified atom stereocenters. The molecule has 2 aromatic rings. The maximum Gasteiger partial charge on any atom is 0.347 e. The third-order valence-corrected chi connectivity index (χ3v) is 4.87. The average Bonchev–Trinajstić information content (AvgIpc) is 2.83. The van der Waals surface area contributed by atoms with Crippen LogP contribution in [0.25, 0.3) is 5.57 Å². The van der Waals surface area contributed by atoms with Crippen LogP contribution in [-0.2, 0) is 14.3 Å². The van der Waals surface area contributed by atoms with Gasteiger partial charge >= 0.3 is 5.97 Å². The van der Waals surface area contributed by atoms with Gasteiger partial charge in [-0.15, -0.1) is 0 Å². The van der Waals surface area contributed by atoms with Gasteiger partial charge in [0.2, 0.25) is 11.5 Å². The Labute approximate surface area is 190 Å². The van der Waals surface area contributed by atoms with Gasteiger partial charge in [0.1, 0.15) is 17.1 Å². The second-order valence-electron chi connectivity index (χ2n) is 6.63. The summed E-state index contributed by atoms with van der Waals surface area (Å²) in [6.45, 7) is 0. The van der Waals surface area contributed by atoms with Gasteiger partial charge in [-0.2, -0.15) is 0 Å². The number of ketones is 2. The highest BCUT2D eigenvalue weighted by Gasteiger charge is 2.27. The molecule has 33 heavy (non-hydrogen) atoms. The number of ether oxygens (including phenoxy) is 6. The number of benzene rings is 2. The lowest BCUT2D eigenvalue weighted by Gasteiger charge is -2.17. The molecule has 0 aliphatic heterocycles. The second kappa shape index (κ2) is 9.90. The lowest BCUT2D eigenvalue weighted by molar-refractivity contribution is -0.116. The molecule has 0 aromatic heterocycles. The number of carbonyl (C=O) groups excluding carboxylic acids is 3. The zero-order chi connectivity index (χ0) is 24.1. The minimum Gasteiger partial charge on any atom is -0.497 e. The van der Waals surface area contributed by atoms with E-state index >= 15 is 0 Å². The summed E-state index contributed by atoms with van der Waals surface area (Å²) < 4.78 is 31.7. The van der Waals surface area contributed by atoms with Gasteiger partial charge in [0.15, 0.2) is 23.0 Å². The molecule has 9 heteroatoms. The van der Waals surface area contributed by atoms with Crippen LogP contribution in [0, 0.1) is 0 Å². The topological polar surface area (TPSA) is 107 Å². The summed E-state index contributed by atoms with van der Waals surface area (Å²) >= 11 is 0. The normalized spacial score (nSPS) is 13.0. The molecular formula is C24H22O9. The van der Waals surface area contributed by atoms with Crippen molar-refractivity contribution in [3.05, 3.63) is 59.4 Å². The van der Waals surface area contributed by atoms with Crippen LogP contribution in [0.4, 0.5) is 0 Å². The molecule has 0 bridgehead atoms. The molecular weight excluding hydrogens is 432 g/mol. The van der Waals surface area contributed by atoms with E-state index in [-0.39, 0.29) is 39.7 Å². The summed E-state index contributed by atoms with van der Waals surface area (Å²) in [4.78, 5) is 38.0. The molecule has 0 radical (unpaired) electrons. The molecule has 0 saturated heterocycles. The van der Waals surface area contributed by atoms with Crippen molar-refractivity contribution in [2.45, 2.75) is 0 Å². The van der Waals surface area contributed by atoms with Crippen molar-refractivity contribution in [3.8, 4) is 28.7 Å². The minimum atomic E-state index is -0.786. The molecule has 0 fully saturated rings. The molecule has 0 spiro atoms. The highest BCUT2D eigenvalue weighted by molar-refractivity contribution is 6.35. The van der Waals surface area contributed by atoms with Gasteiger partial charge in [0.05, 0.1) is 35.5 Å². The van der Waals surface area contributed by atoms with Crippen LogP contribution in [0.3, 0.4) is 0 Å². The van der Waals surface area contributed by atoms with Crippen molar-refractivity contribution in [1.82, 2.24) is 0 Å². The summed E-state index contributed by atoms with van der Waals surface area (Å²) in [6, 6.07) is 7.54. The molecule has 9 nitrogen and oxygen atoms in total. The quantitative estimate of drug-likeness (QED) is 0.338. The molecule has 0 atom stereocenters. The largest absolute Gasteiger partial charge is 0.497 e. The van der Waals surface area contributed by atoms with Crippen molar-refractivity contribution < 1.29 is 42.8 Å². The van der Waals surface area contributed by atoms with E-state index in [1.165, 1.54) is 59.8 Å². The van der Waals surface area contributed by atoms with Gasteiger partial charge in [-0.05, 0) is 24.3 Å². The van der Waals surface area contributed by atoms with Crippen LogP contribution < -0.4 is 23.7 Å². The van der Waals surface area contributed by atoms with Crippen molar-refractivity contribution >= 4 is 23.1 Å². The maximum atomic E-state index is 13.1. The number of methoxy groups -OCH3 is 5. The summed E-state index contributed by atoms with van der Waals surface area (Å²) in [7, 11) is 6.99. The highest BCUT2D eigenvalue weighted by atomic mass is 16.5. The fourth-order valence-corrected chi connectivity index (χ4v) is 3.26. The van der Waals surface area contributed by atoms with Gasteiger partial charge < -0.3 is 28.4 Å². The molecule has 3 rings (SSSR count). The number of hydrogen-bond donors (Lipinski definition) is 0. The van der Waals surface area contributed by atoms with Gasteiger partial charge in [-0.1, -0.05) is 0 Å². The molecule has 0 saturated carbocycles. The van der Waals surface area contributed by atoms with Crippen molar-refractivity contribution in [2.24, 2.45) is 0 Å². The first-order valence-electron chi connectivity index (χ1n) is 9.64. The predicted octanol–water partition coefficient (Wildman–Crippen LogP) is 3.01. The van der Waals surface area contributed by atoms with Crippen molar-refractivity contribution in [3.63, 3.8) is 0 Å². The van der Waals surface area contributed by atoms with Crippen LogP contribution in [-0.4, -0.2) is 53.1 Å². The molecule has 0 heterocycles. The summed E-state index contributed by atoms with van der Waals surface area (Å²) in [5.74, 6) is -0.738. The van der Waals surface area contributed by atoms with Gasteiger partial charge in [-0.25, -0.2) is 4.79 Å². The van der Waals surface area contributed by atoms with Crippen LogP contribution in [0.15, 0.2) is 48.2 Å². The predicted molar refractivity (Wildman–Crippen MR) is 117 cm³/mol. The van der Waals surface area contributed by atoms with Crippen LogP contribution >= 0.6 is 0 Å². The van der Waals surface area contributed by atoms with E-state index in [2.05, 4.69) is 0 Å². The summed E-state index contributed by atoms with van der Waals surface area (Å²) in [6.07, 6.45) is 2.22. The molecule has 0 N–H and O–H groups in total. The first-order chi connectivity index (χ1) is 15.9. The zero-order valence-electron chi connectivity index (χ0n) is 18.7. The Hall–Kier alpha value is -4.27. The zero-order valence-corrected chi connectivity index (χ0v) is 18.7. The number of carbonyl (C=O) groups is 3. The maximum absolute atomic E-state index is 13.1. The van der Waals surface area contributed by atoms with E-state index in [0.717, 1.165) is 12.2 Å². The lowest BCUT2D eigenvalue weighted by Crippen LogP contribution is -2.16. The fraction of sp³-hybridized carbons (Fsp3) is 0.208. The van der Waals surface area contributed by atoms with Gasteiger partial charge in [0.25, 0.3) is 0 Å². The van der Waals surface area contributed by atoms with E-state index in [1.54, 1.807) is 6.07 Å². The first kappa shape index (κ1) is 23.4. The molecule has 172 valence electrons. The van der Waals surface area contributed by atoms with Crippen molar-refractivity contribution in [2.75, 3.05) is 35.5 Å². The third kappa shape index (κ3) is 4.52. The smallest absolute Gasteiger partial charge is 0.347 e. The van der Waals surface area contributed by atoms with Crippen LogP contribution in [0.1, 0.15) is 15.9 Å². The highest BCUT2D eigenvalue weighted by Crippen LogP contribution is 2.41. The second-order valence-corrected chi connectivity index (χ2v) is 6.63. The number of esters is 1. The minimum absolute atomic E-state index is 0.0119. The Morgan fingerprint density at radius 1 is 0.697 bits per heavy atom. The van der Waals surface area contributed by atoms with E-state index < -0.39 is 17.5 Å². The molecule has 1 aliphatic rings. The van der Waals surface area contributed by atoms with E-state index in [1.807, 2.05) is 0 Å². The van der Waals surface area contributed by atoms with E-state index in [0.29, 0.717) is 11.5 Å². The van der Waals surface area contributed by atoms with Gasteiger partial charge in [-0.3, -0.25) is 9.59 Å². The SMILES string of the molecule is COC1=CC(=O)C(c2ccc(OC)cc2OC(=O)c2ccc(OC)c(OC)c2OC)=CC1=O. The summed E-state index contributed by atoms with van der Waals surface area (Å²) in [5, 5.41) is 0. The molecule has 0 amide bonds. The Balaban J connectivity index is 2.06. The standard InChI is InChI=1S/C24H22O9/c1-28-13-6-7-14(16-11-18(26)21(30-3)12-17(16)25)20(10-13)33-24(27)15-8-9-19(29-2)23(32-5)22(15)31-4/h6-12H,1-5H3. The lowest BCUT2D eigenvalue weighted by atomic mass is 9.94. The Morgan fingerprint density at radius 2 is 1.42 bits per heavy atom. The Bertz CT molecular complexity index is 1170. The molecule has 1 aliphatic carbocycles. The fourth-order valence-electron chi connectivity index (χ4n) is 3.26. The summed E-state index contributed by atoms with van der Waals surface area (Å²) in [5.41, 5.74) is 0.337. The first-order valence-corrected chi connectivity index (χ1v) is 9.64. The van der Waals surface area contributed by atoms with Crippen LogP contribution in [0.5, 0.6) is 28.7 Å². The number of rotatable bonds is 8. The monoisotopic (exact) mass is 454 g/mol. The third-order valence-electron chi connectivity index (χ3n) is 4.87. The number of allylic oxidation sites excluding steroid dienone is 3. The Kier molecular flexibility index (Phi) is 7.02. The van der Waals surface area contributed by atoms with E-state index in [4.69, 9.17) is 28.4 Å². The average molecular weight is 454 g/mol.